The summed E-state index contributed by atoms with van der Waals surface area (Å²) in [7, 11) is 0. The molecule has 0 aliphatic carbocycles. The maximum absolute atomic E-state index is 13.6. The third kappa shape index (κ3) is 5.35. The largest absolute Gasteiger partial charge is 0.486 e. The monoisotopic (exact) mass is 414 g/mol. The third-order valence-electron chi connectivity index (χ3n) is 4.44. The van der Waals surface area contributed by atoms with Crippen LogP contribution < -0.4 is 10.1 Å². The minimum atomic E-state index is -0.464. The number of halogens is 1. The van der Waals surface area contributed by atoms with Crippen molar-refractivity contribution in [1.29, 1.82) is 0 Å². The lowest BCUT2D eigenvalue weighted by atomic mass is 10.1. The van der Waals surface area contributed by atoms with E-state index in [2.05, 4.69) is 22.4 Å². The SMILES string of the molecule is CCn1c(COc2ccc(C)c(C)c2)nnc1SCC(=O)Nc1ccccc1F. The Kier molecular flexibility index (Phi) is 6.87. The minimum Gasteiger partial charge on any atom is -0.486 e. The molecular formula is C21H23FN4O2S. The first-order chi connectivity index (χ1) is 14.0. The van der Waals surface area contributed by atoms with Gasteiger partial charge in [0.05, 0.1) is 11.4 Å². The fourth-order valence-electron chi connectivity index (χ4n) is 2.68. The number of hydrogen-bond donors (Lipinski definition) is 1. The molecule has 0 spiro atoms. The molecule has 0 atom stereocenters. The summed E-state index contributed by atoms with van der Waals surface area (Å²) < 4.78 is 21.4. The van der Waals surface area contributed by atoms with Crippen molar-refractivity contribution >= 4 is 23.4 Å². The zero-order chi connectivity index (χ0) is 20.8. The van der Waals surface area contributed by atoms with Gasteiger partial charge in [0.25, 0.3) is 0 Å². The summed E-state index contributed by atoms with van der Waals surface area (Å²) in [6.45, 7) is 7.00. The molecule has 0 saturated heterocycles. The third-order valence-corrected chi connectivity index (χ3v) is 5.40. The maximum Gasteiger partial charge on any atom is 0.234 e. The molecule has 1 aromatic heterocycles. The van der Waals surface area contributed by atoms with Gasteiger partial charge >= 0.3 is 0 Å². The summed E-state index contributed by atoms with van der Waals surface area (Å²) in [6, 6.07) is 12.0. The van der Waals surface area contributed by atoms with Crippen molar-refractivity contribution in [3.05, 3.63) is 65.2 Å². The minimum absolute atomic E-state index is 0.102. The van der Waals surface area contributed by atoms with Crippen LogP contribution in [0.4, 0.5) is 10.1 Å². The number of aryl methyl sites for hydroxylation is 2. The first-order valence-electron chi connectivity index (χ1n) is 9.27. The summed E-state index contributed by atoms with van der Waals surface area (Å²) in [5.74, 6) is 0.789. The Labute approximate surface area is 173 Å². The first-order valence-corrected chi connectivity index (χ1v) is 10.3. The van der Waals surface area contributed by atoms with Crippen molar-refractivity contribution in [3.63, 3.8) is 0 Å². The molecule has 3 aromatic rings. The fraction of sp³-hybridized carbons (Fsp3) is 0.286. The second-order valence-corrected chi connectivity index (χ2v) is 7.44. The number of para-hydroxylation sites is 1. The van der Waals surface area contributed by atoms with Crippen LogP contribution in [0.2, 0.25) is 0 Å². The molecular weight excluding hydrogens is 391 g/mol. The highest BCUT2D eigenvalue weighted by Gasteiger charge is 2.14. The van der Waals surface area contributed by atoms with Crippen LogP contribution in [0.15, 0.2) is 47.6 Å². The van der Waals surface area contributed by atoms with E-state index in [-0.39, 0.29) is 24.0 Å². The Morgan fingerprint density at radius 3 is 2.69 bits per heavy atom. The molecule has 0 radical (unpaired) electrons. The number of thioether (sulfide) groups is 1. The van der Waals surface area contributed by atoms with Crippen molar-refractivity contribution < 1.29 is 13.9 Å². The molecule has 3 rings (SSSR count). The smallest absolute Gasteiger partial charge is 0.234 e. The van der Waals surface area contributed by atoms with Crippen molar-refractivity contribution in [1.82, 2.24) is 14.8 Å². The van der Waals surface area contributed by atoms with Gasteiger partial charge in [-0.25, -0.2) is 4.39 Å². The lowest BCUT2D eigenvalue weighted by Gasteiger charge is -2.10. The second kappa shape index (κ2) is 9.56. The Balaban J connectivity index is 1.59. The van der Waals surface area contributed by atoms with E-state index in [1.807, 2.05) is 36.6 Å². The summed E-state index contributed by atoms with van der Waals surface area (Å²) >= 11 is 1.25. The topological polar surface area (TPSA) is 69.0 Å². The lowest BCUT2D eigenvalue weighted by molar-refractivity contribution is -0.113. The van der Waals surface area contributed by atoms with Crippen molar-refractivity contribution in [3.8, 4) is 5.75 Å². The van der Waals surface area contributed by atoms with Crippen LogP contribution in [-0.2, 0) is 17.9 Å². The van der Waals surface area contributed by atoms with Gasteiger partial charge in [-0.1, -0.05) is 30.0 Å². The van der Waals surface area contributed by atoms with Crippen LogP contribution in [0, 0.1) is 19.7 Å². The zero-order valence-electron chi connectivity index (χ0n) is 16.6. The average molecular weight is 415 g/mol. The Morgan fingerprint density at radius 2 is 1.97 bits per heavy atom. The second-order valence-electron chi connectivity index (χ2n) is 6.49. The van der Waals surface area contributed by atoms with Crippen LogP contribution in [0.1, 0.15) is 23.9 Å². The molecule has 0 unspecified atom stereocenters. The molecule has 152 valence electrons. The molecule has 8 heteroatoms. The predicted octanol–water partition coefficient (Wildman–Crippen LogP) is 4.36. The van der Waals surface area contributed by atoms with Gasteiger partial charge in [-0.05, 0) is 56.2 Å². The van der Waals surface area contributed by atoms with Crippen molar-refractivity contribution in [2.45, 2.75) is 39.1 Å². The van der Waals surface area contributed by atoms with Crippen molar-refractivity contribution in [2.75, 3.05) is 11.1 Å². The van der Waals surface area contributed by atoms with Crippen LogP contribution in [0.3, 0.4) is 0 Å². The van der Waals surface area contributed by atoms with Gasteiger partial charge in [0, 0.05) is 6.54 Å². The molecule has 1 N–H and O–H groups in total. The van der Waals surface area contributed by atoms with E-state index in [0.29, 0.717) is 17.5 Å². The van der Waals surface area contributed by atoms with Gasteiger partial charge in [-0.2, -0.15) is 0 Å². The number of carbonyl (C=O) groups is 1. The normalized spacial score (nSPS) is 10.8. The molecule has 6 nitrogen and oxygen atoms in total. The van der Waals surface area contributed by atoms with Crippen LogP contribution in [-0.4, -0.2) is 26.4 Å². The van der Waals surface area contributed by atoms with E-state index < -0.39 is 5.82 Å². The molecule has 29 heavy (non-hydrogen) atoms. The molecule has 1 amide bonds. The fourth-order valence-corrected chi connectivity index (χ4v) is 3.50. The number of carbonyl (C=O) groups excluding carboxylic acids is 1. The molecule has 2 aromatic carbocycles. The van der Waals surface area contributed by atoms with Crippen LogP contribution >= 0.6 is 11.8 Å². The average Bonchev–Trinajstić information content (AvgIpc) is 3.11. The first kappa shape index (κ1) is 20.9. The zero-order valence-corrected chi connectivity index (χ0v) is 17.4. The number of aromatic nitrogens is 3. The molecule has 0 saturated carbocycles. The van der Waals surface area contributed by atoms with Crippen LogP contribution in [0.25, 0.3) is 0 Å². The number of nitrogens with one attached hydrogen (secondary N) is 1. The predicted molar refractivity (Wildman–Crippen MR) is 112 cm³/mol. The lowest BCUT2D eigenvalue weighted by Crippen LogP contribution is -2.15. The highest BCUT2D eigenvalue weighted by atomic mass is 32.2. The Hall–Kier alpha value is -2.87. The number of amides is 1. The molecule has 0 aliphatic rings. The van der Waals surface area contributed by atoms with E-state index >= 15 is 0 Å². The van der Waals surface area contributed by atoms with Gasteiger partial charge in [0.2, 0.25) is 5.91 Å². The number of anilines is 1. The number of ether oxygens (including phenoxy) is 1. The summed E-state index contributed by atoms with van der Waals surface area (Å²) in [6.07, 6.45) is 0. The van der Waals surface area contributed by atoms with E-state index in [1.54, 1.807) is 12.1 Å². The number of nitrogens with zero attached hydrogens (tertiary/aromatic N) is 3. The van der Waals surface area contributed by atoms with E-state index in [0.717, 1.165) is 11.3 Å². The van der Waals surface area contributed by atoms with Gasteiger partial charge in [-0.15, -0.1) is 10.2 Å². The number of benzene rings is 2. The van der Waals surface area contributed by atoms with Crippen LogP contribution in [0.5, 0.6) is 5.75 Å². The van der Waals surface area contributed by atoms with Gasteiger partial charge in [0.1, 0.15) is 18.2 Å². The molecule has 0 fully saturated rings. The maximum atomic E-state index is 13.6. The van der Waals surface area contributed by atoms with E-state index in [4.69, 9.17) is 4.74 Å². The quantitative estimate of drug-likeness (QED) is 0.555. The number of rotatable bonds is 8. The molecule has 0 aliphatic heterocycles. The summed E-state index contributed by atoms with van der Waals surface area (Å²) in [5, 5.41) is 11.5. The van der Waals surface area contributed by atoms with Gasteiger partial charge in [-0.3, -0.25) is 4.79 Å². The Bertz CT molecular complexity index is 1010. The van der Waals surface area contributed by atoms with E-state index in [1.165, 1.54) is 29.5 Å². The van der Waals surface area contributed by atoms with Crippen molar-refractivity contribution in [2.24, 2.45) is 0 Å². The highest BCUT2D eigenvalue weighted by molar-refractivity contribution is 7.99. The number of hydrogen-bond acceptors (Lipinski definition) is 5. The standard InChI is InChI=1S/C21H23FN4O2S/c1-4-26-19(12-28-16-10-9-14(2)15(3)11-16)24-25-21(26)29-13-20(27)23-18-8-6-5-7-17(18)22/h5-11H,4,12-13H2,1-3H3,(H,23,27). The summed E-state index contributed by atoms with van der Waals surface area (Å²) in [4.78, 5) is 12.1. The van der Waals surface area contributed by atoms with Gasteiger partial charge < -0.3 is 14.6 Å². The van der Waals surface area contributed by atoms with E-state index in [9.17, 15) is 9.18 Å². The van der Waals surface area contributed by atoms with Gasteiger partial charge in [0.15, 0.2) is 11.0 Å². The Morgan fingerprint density at radius 1 is 1.17 bits per heavy atom. The summed E-state index contributed by atoms with van der Waals surface area (Å²) in [5.41, 5.74) is 2.54. The molecule has 0 bridgehead atoms. The molecule has 1 heterocycles. The highest BCUT2D eigenvalue weighted by Crippen LogP contribution is 2.21.